The highest BCUT2D eigenvalue weighted by Gasteiger charge is 2.41. The van der Waals surface area contributed by atoms with Crippen LogP contribution in [0.25, 0.3) is 5.69 Å². The number of carbonyl (C=O) groups is 1. The molecule has 37 heavy (non-hydrogen) atoms. The number of anilines is 1. The molecular formula is C31H33N5O. The van der Waals surface area contributed by atoms with Crippen LogP contribution in [0.5, 0.6) is 0 Å². The Morgan fingerprint density at radius 1 is 0.919 bits per heavy atom. The second kappa shape index (κ2) is 10.2. The number of amides is 2. The maximum Gasteiger partial charge on any atom is 0.320 e. The van der Waals surface area contributed by atoms with Gasteiger partial charge in [-0.1, -0.05) is 78.9 Å². The molecule has 0 saturated carbocycles. The maximum absolute atomic E-state index is 13.6. The Kier molecular flexibility index (Phi) is 6.49. The Hall–Kier alpha value is -3.90. The number of aromatic nitrogens is 2. The Labute approximate surface area is 218 Å². The van der Waals surface area contributed by atoms with Crippen LogP contribution in [0.15, 0.2) is 91.0 Å². The number of benzene rings is 3. The number of likely N-dealkylation sites (tertiary alicyclic amines) is 1. The van der Waals surface area contributed by atoms with E-state index in [4.69, 9.17) is 5.10 Å². The van der Waals surface area contributed by atoms with Gasteiger partial charge in [0.25, 0.3) is 0 Å². The Morgan fingerprint density at radius 2 is 1.59 bits per heavy atom. The van der Waals surface area contributed by atoms with Crippen molar-refractivity contribution in [1.29, 1.82) is 0 Å². The molecule has 1 aromatic heterocycles. The number of nitrogens with zero attached hydrogens (tertiary/aromatic N) is 3. The van der Waals surface area contributed by atoms with Crippen molar-refractivity contribution in [3.05, 3.63) is 113 Å². The van der Waals surface area contributed by atoms with E-state index in [0.717, 1.165) is 55.1 Å². The standard InChI is InChI=1S/C31H33N5O/c1-22-29(27(24-14-7-3-8-15-24)21-35(22)20-23-12-5-2-6-13-23)32-31(37)33-30-26-18-11-19-28(26)34-36(30)25-16-9-4-10-17-25/h2-10,12-17,22,27,29H,11,18-21H2,1H3,(H2,32,33,37)/t22-,27+,29-/m1/s1. The molecule has 2 N–H and O–H groups in total. The summed E-state index contributed by atoms with van der Waals surface area (Å²) in [6, 6.07) is 31.1. The van der Waals surface area contributed by atoms with Gasteiger partial charge in [-0.15, -0.1) is 0 Å². The Morgan fingerprint density at radius 3 is 2.32 bits per heavy atom. The molecule has 0 radical (unpaired) electrons. The number of fused-ring (bicyclic) bond motifs is 1. The summed E-state index contributed by atoms with van der Waals surface area (Å²) in [6.45, 7) is 3.98. The van der Waals surface area contributed by atoms with Crippen molar-refractivity contribution < 1.29 is 4.79 Å². The fraction of sp³-hybridized carbons (Fsp3) is 0.290. The number of para-hydroxylation sites is 1. The van der Waals surface area contributed by atoms with Crippen LogP contribution in [0.4, 0.5) is 10.6 Å². The lowest BCUT2D eigenvalue weighted by atomic mass is 9.92. The molecule has 2 amide bonds. The minimum atomic E-state index is -0.175. The average Bonchev–Trinajstić information content (AvgIpc) is 3.61. The number of rotatable bonds is 6. The summed E-state index contributed by atoms with van der Waals surface area (Å²) < 4.78 is 1.89. The van der Waals surface area contributed by atoms with Crippen LogP contribution in [0.1, 0.15) is 41.6 Å². The van der Waals surface area contributed by atoms with Gasteiger partial charge >= 0.3 is 6.03 Å². The monoisotopic (exact) mass is 491 g/mol. The topological polar surface area (TPSA) is 62.2 Å². The highest BCUT2D eigenvalue weighted by atomic mass is 16.2. The molecule has 1 aliphatic heterocycles. The average molecular weight is 492 g/mol. The maximum atomic E-state index is 13.6. The largest absolute Gasteiger partial charge is 0.333 e. The molecule has 3 aromatic carbocycles. The van der Waals surface area contributed by atoms with Gasteiger partial charge < -0.3 is 5.32 Å². The van der Waals surface area contributed by atoms with Crippen LogP contribution in [-0.2, 0) is 19.4 Å². The predicted molar refractivity (Wildman–Crippen MR) is 147 cm³/mol. The molecule has 2 heterocycles. The van der Waals surface area contributed by atoms with Crippen molar-refractivity contribution in [1.82, 2.24) is 20.0 Å². The van der Waals surface area contributed by atoms with Gasteiger partial charge in [-0.25, -0.2) is 9.48 Å². The minimum absolute atomic E-state index is 0.0211. The van der Waals surface area contributed by atoms with Crippen molar-refractivity contribution >= 4 is 11.8 Å². The third-order valence-corrected chi connectivity index (χ3v) is 7.85. The van der Waals surface area contributed by atoms with E-state index in [-0.39, 0.29) is 24.0 Å². The first-order chi connectivity index (χ1) is 18.2. The highest BCUT2D eigenvalue weighted by Crippen LogP contribution is 2.34. The smallest absolute Gasteiger partial charge is 0.320 e. The number of hydrogen-bond donors (Lipinski definition) is 2. The quantitative estimate of drug-likeness (QED) is 0.372. The molecule has 0 unspecified atom stereocenters. The van der Waals surface area contributed by atoms with Crippen LogP contribution in [0, 0.1) is 0 Å². The molecule has 0 spiro atoms. The van der Waals surface area contributed by atoms with Gasteiger partial charge in [-0.2, -0.15) is 5.10 Å². The fourth-order valence-electron chi connectivity index (χ4n) is 5.93. The number of nitrogens with one attached hydrogen (secondary N) is 2. The zero-order valence-corrected chi connectivity index (χ0v) is 21.2. The van der Waals surface area contributed by atoms with E-state index < -0.39 is 0 Å². The van der Waals surface area contributed by atoms with E-state index in [9.17, 15) is 4.79 Å². The first kappa shape index (κ1) is 23.5. The van der Waals surface area contributed by atoms with Crippen LogP contribution in [0.2, 0.25) is 0 Å². The molecule has 6 rings (SSSR count). The molecule has 1 fully saturated rings. The minimum Gasteiger partial charge on any atom is -0.333 e. The number of hydrogen-bond acceptors (Lipinski definition) is 3. The first-order valence-corrected chi connectivity index (χ1v) is 13.2. The second-order valence-corrected chi connectivity index (χ2v) is 10.2. The van der Waals surface area contributed by atoms with Crippen LogP contribution < -0.4 is 10.6 Å². The third kappa shape index (κ3) is 4.77. The molecule has 6 nitrogen and oxygen atoms in total. The number of aryl methyl sites for hydroxylation is 1. The molecule has 1 aliphatic carbocycles. The van der Waals surface area contributed by atoms with E-state index in [1.54, 1.807) is 0 Å². The lowest BCUT2D eigenvalue weighted by Gasteiger charge is -2.26. The van der Waals surface area contributed by atoms with Gasteiger partial charge in [0.1, 0.15) is 5.82 Å². The molecule has 1 saturated heterocycles. The lowest BCUT2D eigenvalue weighted by molar-refractivity contribution is 0.229. The Bertz CT molecular complexity index is 1350. The summed E-state index contributed by atoms with van der Waals surface area (Å²) in [4.78, 5) is 16.0. The number of urea groups is 1. The van der Waals surface area contributed by atoms with Crippen LogP contribution in [-0.4, -0.2) is 39.3 Å². The second-order valence-electron chi connectivity index (χ2n) is 10.2. The van der Waals surface area contributed by atoms with Crippen molar-refractivity contribution in [3.8, 4) is 5.69 Å². The fourth-order valence-corrected chi connectivity index (χ4v) is 5.93. The van der Waals surface area contributed by atoms with Crippen molar-refractivity contribution in [2.45, 2.75) is 50.7 Å². The molecular weight excluding hydrogens is 458 g/mol. The summed E-state index contributed by atoms with van der Waals surface area (Å²) >= 11 is 0. The van der Waals surface area contributed by atoms with E-state index in [2.05, 4.69) is 77.1 Å². The number of carbonyl (C=O) groups excluding carboxylic acids is 1. The Balaban J connectivity index is 1.25. The van der Waals surface area contributed by atoms with Gasteiger partial charge in [-0.3, -0.25) is 10.2 Å². The summed E-state index contributed by atoms with van der Waals surface area (Å²) in [5.74, 6) is 0.995. The normalized spacial score (nSPS) is 21.1. The SMILES string of the molecule is C[C@@H]1[C@@H](NC(=O)Nc2c3c(nn2-c2ccccc2)CCC3)[C@H](c2ccccc2)CN1Cc1ccccc1. The van der Waals surface area contributed by atoms with Crippen molar-refractivity contribution in [2.24, 2.45) is 0 Å². The van der Waals surface area contributed by atoms with E-state index in [1.165, 1.54) is 11.1 Å². The van der Waals surface area contributed by atoms with Gasteiger partial charge in [0.05, 0.1) is 17.4 Å². The van der Waals surface area contributed by atoms with E-state index >= 15 is 0 Å². The van der Waals surface area contributed by atoms with Crippen molar-refractivity contribution in [2.75, 3.05) is 11.9 Å². The summed E-state index contributed by atoms with van der Waals surface area (Å²) in [5.41, 5.74) is 5.74. The van der Waals surface area contributed by atoms with E-state index in [0.29, 0.717) is 0 Å². The van der Waals surface area contributed by atoms with Gasteiger partial charge in [0, 0.05) is 30.6 Å². The summed E-state index contributed by atoms with van der Waals surface area (Å²) in [5, 5.41) is 11.4. The molecule has 2 aliphatic rings. The van der Waals surface area contributed by atoms with Crippen LogP contribution in [0.3, 0.4) is 0 Å². The molecule has 188 valence electrons. The zero-order valence-electron chi connectivity index (χ0n) is 21.2. The molecule has 0 bridgehead atoms. The van der Waals surface area contributed by atoms with Crippen LogP contribution >= 0.6 is 0 Å². The molecule has 4 aromatic rings. The highest BCUT2D eigenvalue weighted by molar-refractivity contribution is 5.90. The lowest BCUT2D eigenvalue weighted by Crippen LogP contribution is -2.46. The van der Waals surface area contributed by atoms with Crippen molar-refractivity contribution in [3.63, 3.8) is 0 Å². The third-order valence-electron chi connectivity index (χ3n) is 7.85. The van der Waals surface area contributed by atoms with Gasteiger partial charge in [0.15, 0.2) is 0 Å². The first-order valence-electron chi connectivity index (χ1n) is 13.2. The van der Waals surface area contributed by atoms with Gasteiger partial charge in [-0.05, 0) is 49.4 Å². The summed E-state index contributed by atoms with van der Waals surface area (Å²) in [6.07, 6.45) is 2.97. The van der Waals surface area contributed by atoms with E-state index in [1.807, 2.05) is 41.1 Å². The van der Waals surface area contributed by atoms with Gasteiger partial charge in [0.2, 0.25) is 0 Å². The molecule has 6 heteroatoms. The molecule has 3 atom stereocenters. The zero-order chi connectivity index (χ0) is 25.2. The summed E-state index contributed by atoms with van der Waals surface area (Å²) in [7, 11) is 0. The predicted octanol–water partition coefficient (Wildman–Crippen LogP) is 5.54.